The number of imide groups is 1. The summed E-state index contributed by atoms with van der Waals surface area (Å²) in [5, 5.41) is 10.4. The van der Waals surface area contributed by atoms with Crippen molar-refractivity contribution < 1.29 is 14.1 Å². The Morgan fingerprint density at radius 2 is 2.12 bits per heavy atom. The Bertz CT molecular complexity index is 888. The second-order valence-corrected chi connectivity index (χ2v) is 6.01. The first-order valence-electron chi connectivity index (χ1n) is 7.25. The van der Waals surface area contributed by atoms with Crippen LogP contribution in [0, 0.1) is 0 Å². The zero-order valence-electron chi connectivity index (χ0n) is 12.4. The lowest BCUT2D eigenvalue weighted by molar-refractivity contribution is -0.125. The number of nitrogens with one attached hydrogen (secondary N) is 1. The molecule has 3 aromatic rings. The van der Waals surface area contributed by atoms with Crippen molar-refractivity contribution in [3.8, 4) is 22.8 Å². The van der Waals surface area contributed by atoms with Crippen molar-refractivity contribution in [3.63, 3.8) is 0 Å². The average Bonchev–Trinajstić information content (AvgIpc) is 3.32. The van der Waals surface area contributed by atoms with Gasteiger partial charge in [0, 0.05) is 10.9 Å². The number of rotatable bonds is 4. The molecule has 7 nitrogen and oxygen atoms in total. The van der Waals surface area contributed by atoms with Crippen LogP contribution < -0.4 is 5.32 Å². The molecule has 2 aromatic heterocycles. The van der Waals surface area contributed by atoms with Crippen molar-refractivity contribution in [2.75, 3.05) is 6.54 Å². The van der Waals surface area contributed by atoms with E-state index >= 15 is 0 Å². The molecule has 0 unspecified atom stereocenters. The van der Waals surface area contributed by atoms with E-state index in [-0.39, 0.29) is 25.0 Å². The predicted octanol–water partition coefficient (Wildman–Crippen LogP) is 2.52. The highest BCUT2D eigenvalue weighted by Gasteiger charge is 2.29. The number of amides is 3. The molecule has 0 aliphatic carbocycles. The Kier molecular flexibility index (Phi) is 3.58. The smallest absolute Gasteiger partial charge is 0.324 e. The number of aromatic nitrogens is 2. The molecule has 0 saturated carbocycles. The summed E-state index contributed by atoms with van der Waals surface area (Å²) in [6, 6.07) is 8.90. The maximum atomic E-state index is 11.8. The summed E-state index contributed by atoms with van der Waals surface area (Å²) in [5.41, 5.74) is 2.38. The van der Waals surface area contributed by atoms with Crippen LogP contribution >= 0.6 is 11.3 Å². The predicted molar refractivity (Wildman–Crippen MR) is 87.0 cm³/mol. The number of thiophene rings is 1. The molecular formula is C16H12N4O3S. The number of carbonyl (C=O) groups excluding carboxylic acids is 2. The normalized spacial score (nSPS) is 14.2. The van der Waals surface area contributed by atoms with Crippen molar-refractivity contribution in [1.29, 1.82) is 0 Å². The Hall–Kier alpha value is -3.00. The lowest BCUT2D eigenvalue weighted by Crippen LogP contribution is -2.30. The van der Waals surface area contributed by atoms with Gasteiger partial charge in [-0.3, -0.25) is 9.69 Å². The second-order valence-electron chi connectivity index (χ2n) is 5.23. The van der Waals surface area contributed by atoms with Gasteiger partial charge < -0.3 is 9.84 Å². The van der Waals surface area contributed by atoms with Gasteiger partial charge in [-0.05, 0) is 17.0 Å². The molecule has 0 atom stereocenters. The van der Waals surface area contributed by atoms with Gasteiger partial charge in [-0.1, -0.05) is 29.4 Å². The fraction of sp³-hybridized carbons (Fsp3) is 0.125. The van der Waals surface area contributed by atoms with Gasteiger partial charge in [0.25, 0.3) is 5.89 Å². The fourth-order valence-corrected chi connectivity index (χ4v) is 3.13. The van der Waals surface area contributed by atoms with E-state index in [1.165, 1.54) is 4.90 Å². The van der Waals surface area contributed by atoms with Crippen LogP contribution in [-0.2, 0) is 11.3 Å². The first-order chi connectivity index (χ1) is 11.7. The van der Waals surface area contributed by atoms with Gasteiger partial charge in [0.1, 0.15) is 0 Å². The Labute approximate surface area is 140 Å². The summed E-state index contributed by atoms with van der Waals surface area (Å²) >= 11 is 1.55. The summed E-state index contributed by atoms with van der Waals surface area (Å²) < 4.78 is 5.32. The number of hydrogen-bond acceptors (Lipinski definition) is 6. The van der Waals surface area contributed by atoms with Gasteiger partial charge in [-0.15, -0.1) is 0 Å². The molecule has 1 aromatic carbocycles. The zero-order chi connectivity index (χ0) is 16.5. The molecule has 0 bridgehead atoms. The minimum absolute atomic E-state index is 0.0332. The van der Waals surface area contributed by atoms with Gasteiger partial charge in [0.2, 0.25) is 11.7 Å². The second kappa shape index (κ2) is 5.89. The average molecular weight is 340 g/mol. The third-order valence-corrected chi connectivity index (χ3v) is 4.40. The summed E-state index contributed by atoms with van der Waals surface area (Å²) in [6.45, 7) is 0.203. The molecule has 120 valence electrons. The van der Waals surface area contributed by atoms with E-state index in [1.54, 1.807) is 11.3 Å². The third-order valence-electron chi connectivity index (χ3n) is 3.72. The van der Waals surface area contributed by atoms with Gasteiger partial charge in [-0.2, -0.15) is 16.3 Å². The minimum atomic E-state index is -0.387. The van der Waals surface area contributed by atoms with Crippen LogP contribution in [0.3, 0.4) is 0 Å². The van der Waals surface area contributed by atoms with Crippen LogP contribution in [0.4, 0.5) is 4.79 Å². The number of nitrogens with zero attached hydrogens (tertiary/aromatic N) is 3. The molecule has 0 radical (unpaired) electrons. The van der Waals surface area contributed by atoms with Crippen molar-refractivity contribution in [1.82, 2.24) is 20.4 Å². The van der Waals surface area contributed by atoms with Gasteiger partial charge in [-0.25, -0.2) is 4.79 Å². The molecule has 1 N–H and O–H groups in total. The van der Waals surface area contributed by atoms with E-state index in [0.29, 0.717) is 11.7 Å². The molecule has 4 rings (SSSR count). The molecule has 1 saturated heterocycles. The number of benzene rings is 1. The molecule has 8 heteroatoms. The Balaban J connectivity index is 1.67. The SMILES string of the molecule is O=C1CNC(=O)N1Cc1ccccc1-c1noc(-c2ccsc2)n1. The molecule has 3 heterocycles. The van der Waals surface area contributed by atoms with Crippen LogP contribution in [0.2, 0.25) is 0 Å². The highest BCUT2D eigenvalue weighted by molar-refractivity contribution is 7.08. The van der Waals surface area contributed by atoms with E-state index < -0.39 is 0 Å². The zero-order valence-corrected chi connectivity index (χ0v) is 13.2. The van der Waals surface area contributed by atoms with E-state index in [2.05, 4.69) is 15.5 Å². The molecule has 0 spiro atoms. The van der Waals surface area contributed by atoms with Crippen molar-refractivity contribution >= 4 is 23.3 Å². The van der Waals surface area contributed by atoms with Crippen LogP contribution in [0.25, 0.3) is 22.8 Å². The van der Waals surface area contributed by atoms with E-state index in [0.717, 1.165) is 16.7 Å². The molecule has 1 fully saturated rings. The van der Waals surface area contributed by atoms with Crippen molar-refractivity contribution in [2.45, 2.75) is 6.54 Å². The summed E-state index contributed by atoms with van der Waals surface area (Å²) in [7, 11) is 0. The number of hydrogen-bond donors (Lipinski definition) is 1. The van der Waals surface area contributed by atoms with Crippen LogP contribution in [0.1, 0.15) is 5.56 Å². The minimum Gasteiger partial charge on any atom is -0.334 e. The Morgan fingerprint density at radius 3 is 2.88 bits per heavy atom. The monoisotopic (exact) mass is 340 g/mol. The van der Waals surface area contributed by atoms with Crippen LogP contribution in [0.5, 0.6) is 0 Å². The van der Waals surface area contributed by atoms with E-state index in [1.807, 2.05) is 41.1 Å². The van der Waals surface area contributed by atoms with Crippen molar-refractivity contribution in [3.05, 3.63) is 46.7 Å². The van der Waals surface area contributed by atoms with Gasteiger partial charge in [0.15, 0.2) is 0 Å². The van der Waals surface area contributed by atoms with Crippen molar-refractivity contribution in [2.24, 2.45) is 0 Å². The molecule has 1 aliphatic rings. The first kappa shape index (κ1) is 14.6. The fourth-order valence-electron chi connectivity index (χ4n) is 2.50. The standard InChI is InChI=1S/C16H12N4O3S/c21-13-7-17-16(22)20(13)8-10-3-1-2-4-12(10)14-18-15(23-19-14)11-5-6-24-9-11/h1-6,9H,7-8H2,(H,17,22). The summed E-state index contributed by atoms with van der Waals surface area (Å²) in [5.74, 6) is 0.622. The van der Waals surface area contributed by atoms with Crippen LogP contribution in [0.15, 0.2) is 45.6 Å². The lowest BCUT2D eigenvalue weighted by atomic mass is 10.1. The maximum absolute atomic E-state index is 11.8. The number of urea groups is 1. The molecule has 1 aliphatic heterocycles. The molecular weight excluding hydrogens is 328 g/mol. The highest BCUT2D eigenvalue weighted by Crippen LogP contribution is 2.27. The maximum Gasteiger partial charge on any atom is 0.324 e. The Morgan fingerprint density at radius 1 is 1.25 bits per heavy atom. The lowest BCUT2D eigenvalue weighted by Gasteiger charge is -2.14. The quantitative estimate of drug-likeness (QED) is 0.737. The van der Waals surface area contributed by atoms with E-state index in [9.17, 15) is 9.59 Å². The number of carbonyl (C=O) groups is 2. The summed E-state index contributed by atoms with van der Waals surface area (Å²) in [6.07, 6.45) is 0. The highest BCUT2D eigenvalue weighted by atomic mass is 32.1. The first-order valence-corrected chi connectivity index (χ1v) is 8.19. The topological polar surface area (TPSA) is 88.3 Å². The van der Waals surface area contributed by atoms with Gasteiger partial charge in [0.05, 0.1) is 18.7 Å². The van der Waals surface area contributed by atoms with Gasteiger partial charge >= 0.3 is 6.03 Å². The summed E-state index contributed by atoms with van der Waals surface area (Å²) in [4.78, 5) is 29.1. The molecule has 3 amide bonds. The third kappa shape index (κ3) is 2.56. The largest absolute Gasteiger partial charge is 0.334 e. The van der Waals surface area contributed by atoms with Crippen LogP contribution in [-0.4, -0.2) is 33.5 Å². The van der Waals surface area contributed by atoms with E-state index in [4.69, 9.17) is 4.52 Å². The molecule has 24 heavy (non-hydrogen) atoms.